The highest BCUT2D eigenvalue weighted by atomic mass is 19.1. The van der Waals surface area contributed by atoms with E-state index in [2.05, 4.69) is 10.6 Å². The van der Waals surface area contributed by atoms with Crippen LogP contribution >= 0.6 is 0 Å². The van der Waals surface area contributed by atoms with E-state index in [1.165, 1.54) is 11.0 Å². The van der Waals surface area contributed by atoms with E-state index < -0.39 is 18.0 Å². The van der Waals surface area contributed by atoms with Crippen LogP contribution in [0.15, 0.2) is 36.4 Å². The average molecular weight is 425 g/mol. The van der Waals surface area contributed by atoms with Crippen LogP contribution in [-0.4, -0.2) is 43.7 Å². The standard InChI is InChI=1S/C22H20FN3O5/c23-17-8-14(26-10-15(31-22(26)29)9-24-21(28)12-1-2-12)4-5-16(17)13-3-6-19-18(7-13)25-20(27)11-30-19/h3-8,12,15H,1-2,9-11H2,(H,24,28)(H,25,27)/t15-/m0/s1. The summed E-state index contributed by atoms with van der Waals surface area (Å²) in [6, 6.07) is 9.52. The van der Waals surface area contributed by atoms with Crippen LogP contribution in [-0.2, 0) is 14.3 Å². The molecule has 2 aliphatic heterocycles. The number of hydrogen-bond donors (Lipinski definition) is 2. The Morgan fingerprint density at radius 1 is 1.19 bits per heavy atom. The first-order chi connectivity index (χ1) is 15.0. The number of rotatable bonds is 5. The van der Waals surface area contributed by atoms with Crippen molar-refractivity contribution in [3.8, 4) is 16.9 Å². The van der Waals surface area contributed by atoms with Gasteiger partial charge >= 0.3 is 6.09 Å². The fourth-order valence-electron chi connectivity index (χ4n) is 3.70. The second kappa shape index (κ2) is 7.57. The minimum absolute atomic E-state index is 0.0171. The molecule has 1 saturated heterocycles. The summed E-state index contributed by atoms with van der Waals surface area (Å²) in [6.07, 6.45) is 0.739. The highest BCUT2D eigenvalue weighted by Crippen LogP contribution is 2.35. The monoisotopic (exact) mass is 425 g/mol. The fraction of sp³-hybridized carbons (Fsp3) is 0.318. The lowest BCUT2D eigenvalue weighted by Gasteiger charge is -2.19. The van der Waals surface area contributed by atoms with Gasteiger partial charge in [-0.2, -0.15) is 0 Å². The van der Waals surface area contributed by atoms with Crippen molar-refractivity contribution >= 4 is 29.3 Å². The number of amides is 3. The normalized spacial score (nSPS) is 19.9. The number of carbonyl (C=O) groups excluding carboxylic acids is 3. The lowest BCUT2D eigenvalue weighted by Crippen LogP contribution is -2.35. The number of ether oxygens (including phenoxy) is 2. The van der Waals surface area contributed by atoms with Crippen molar-refractivity contribution in [2.24, 2.45) is 5.92 Å². The molecule has 2 aromatic carbocycles. The smallest absolute Gasteiger partial charge is 0.414 e. The molecule has 2 N–H and O–H groups in total. The Bertz CT molecular complexity index is 1080. The SMILES string of the molecule is O=C1COc2ccc(-c3ccc(N4C[C@H](CNC(=O)C5CC5)OC4=O)cc3F)cc2N1. The van der Waals surface area contributed by atoms with Crippen LogP contribution in [0.2, 0.25) is 0 Å². The fourth-order valence-corrected chi connectivity index (χ4v) is 3.70. The van der Waals surface area contributed by atoms with E-state index in [0.717, 1.165) is 12.8 Å². The quantitative estimate of drug-likeness (QED) is 0.768. The first kappa shape index (κ1) is 19.3. The van der Waals surface area contributed by atoms with Gasteiger partial charge in [-0.05, 0) is 48.7 Å². The molecule has 2 fully saturated rings. The van der Waals surface area contributed by atoms with Gasteiger partial charge in [0.25, 0.3) is 5.91 Å². The van der Waals surface area contributed by atoms with Crippen molar-refractivity contribution in [3.63, 3.8) is 0 Å². The third kappa shape index (κ3) is 3.90. The molecule has 8 nitrogen and oxygen atoms in total. The van der Waals surface area contributed by atoms with Gasteiger partial charge in [0.05, 0.1) is 24.5 Å². The molecule has 3 aliphatic rings. The third-order valence-electron chi connectivity index (χ3n) is 5.51. The molecule has 0 aromatic heterocycles. The molecule has 1 saturated carbocycles. The molecule has 0 radical (unpaired) electrons. The molecule has 0 unspecified atom stereocenters. The van der Waals surface area contributed by atoms with Crippen LogP contribution in [0.4, 0.5) is 20.6 Å². The maximum Gasteiger partial charge on any atom is 0.414 e. The van der Waals surface area contributed by atoms with Gasteiger partial charge in [0.1, 0.15) is 17.7 Å². The number of halogens is 1. The lowest BCUT2D eigenvalue weighted by molar-refractivity contribution is -0.122. The minimum atomic E-state index is -0.577. The molecule has 1 atom stereocenters. The maximum absolute atomic E-state index is 14.9. The van der Waals surface area contributed by atoms with Crippen LogP contribution in [0.5, 0.6) is 5.75 Å². The second-order valence-electron chi connectivity index (χ2n) is 7.85. The van der Waals surface area contributed by atoms with E-state index in [-0.39, 0.29) is 37.4 Å². The summed E-state index contributed by atoms with van der Waals surface area (Å²) in [4.78, 5) is 36.9. The summed E-state index contributed by atoms with van der Waals surface area (Å²) >= 11 is 0. The van der Waals surface area contributed by atoms with Crippen molar-refractivity contribution in [1.82, 2.24) is 5.32 Å². The predicted octanol–water partition coefficient (Wildman–Crippen LogP) is 2.68. The molecule has 9 heteroatoms. The molecule has 31 heavy (non-hydrogen) atoms. The Hall–Kier alpha value is -3.62. The minimum Gasteiger partial charge on any atom is -0.482 e. The molecule has 2 aromatic rings. The molecular weight excluding hydrogens is 405 g/mol. The summed E-state index contributed by atoms with van der Waals surface area (Å²) in [5.74, 6) is -0.190. The van der Waals surface area contributed by atoms with Crippen molar-refractivity contribution in [1.29, 1.82) is 0 Å². The number of anilines is 2. The zero-order valence-corrected chi connectivity index (χ0v) is 16.5. The van der Waals surface area contributed by atoms with Gasteiger partial charge in [-0.15, -0.1) is 0 Å². The number of hydrogen-bond acceptors (Lipinski definition) is 5. The van der Waals surface area contributed by atoms with E-state index in [4.69, 9.17) is 9.47 Å². The number of cyclic esters (lactones) is 1. The van der Waals surface area contributed by atoms with Crippen LogP contribution in [0.1, 0.15) is 12.8 Å². The molecule has 2 heterocycles. The van der Waals surface area contributed by atoms with Gasteiger partial charge in [-0.25, -0.2) is 9.18 Å². The van der Waals surface area contributed by atoms with Gasteiger partial charge in [-0.3, -0.25) is 14.5 Å². The zero-order valence-electron chi connectivity index (χ0n) is 16.5. The second-order valence-corrected chi connectivity index (χ2v) is 7.85. The summed E-state index contributed by atoms with van der Waals surface area (Å²) in [5.41, 5.74) is 1.75. The summed E-state index contributed by atoms with van der Waals surface area (Å²) in [6.45, 7) is 0.415. The van der Waals surface area contributed by atoms with Crippen LogP contribution in [0.25, 0.3) is 11.1 Å². The number of fused-ring (bicyclic) bond motifs is 1. The summed E-state index contributed by atoms with van der Waals surface area (Å²) in [5, 5.41) is 5.49. The maximum atomic E-state index is 14.9. The van der Waals surface area contributed by atoms with Crippen molar-refractivity contribution in [2.45, 2.75) is 18.9 Å². The van der Waals surface area contributed by atoms with Crippen LogP contribution in [0, 0.1) is 11.7 Å². The first-order valence-electron chi connectivity index (χ1n) is 10.1. The largest absolute Gasteiger partial charge is 0.482 e. The Morgan fingerprint density at radius 3 is 2.81 bits per heavy atom. The van der Waals surface area contributed by atoms with E-state index in [1.54, 1.807) is 30.3 Å². The molecular formula is C22H20FN3O5. The Labute approximate surface area is 177 Å². The number of benzene rings is 2. The molecule has 3 amide bonds. The van der Waals surface area contributed by atoms with Crippen molar-refractivity contribution in [3.05, 3.63) is 42.2 Å². The molecule has 0 spiro atoms. The van der Waals surface area contributed by atoms with Gasteiger partial charge < -0.3 is 20.1 Å². The van der Waals surface area contributed by atoms with Crippen LogP contribution < -0.4 is 20.3 Å². The van der Waals surface area contributed by atoms with E-state index in [1.807, 2.05) is 0 Å². The third-order valence-corrected chi connectivity index (χ3v) is 5.51. The average Bonchev–Trinajstić information content (AvgIpc) is 3.54. The molecule has 160 valence electrons. The lowest BCUT2D eigenvalue weighted by atomic mass is 10.0. The van der Waals surface area contributed by atoms with Gasteiger partial charge in [-0.1, -0.05) is 6.07 Å². The topological polar surface area (TPSA) is 97.0 Å². The van der Waals surface area contributed by atoms with Crippen molar-refractivity contribution < 1.29 is 28.2 Å². The zero-order chi connectivity index (χ0) is 21.5. The van der Waals surface area contributed by atoms with Crippen molar-refractivity contribution in [2.75, 3.05) is 29.9 Å². The van der Waals surface area contributed by atoms with Crippen LogP contribution in [0.3, 0.4) is 0 Å². The van der Waals surface area contributed by atoms with E-state index in [9.17, 15) is 18.8 Å². The molecule has 5 rings (SSSR count). The number of nitrogens with one attached hydrogen (secondary N) is 2. The van der Waals surface area contributed by atoms with Gasteiger partial charge in [0.15, 0.2) is 6.61 Å². The van der Waals surface area contributed by atoms with Gasteiger partial charge in [0.2, 0.25) is 5.91 Å². The highest BCUT2D eigenvalue weighted by molar-refractivity contribution is 5.96. The Balaban J connectivity index is 1.30. The predicted molar refractivity (Wildman–Crippen MR) is 109 cm³/mol. The summed E-state index contributed by atoms with van der Waals surface area (Å²) in [7, 11) is 0. The summed E-state index contributed by atoms with van der Waals surface area (Å²) < 4.78 is 25.5. The van der Waals surface area contributed by atoms with Gasteiger partial charge in [0, 0.05) is 11.5 Å². The Morgan fingerprint density at radius 2 is 2.03 bits per heavy atom. The molecule has 1 aliphatic carbocycles. The highest BCUT2D eigenvalue weighted by Gasteiger charge is 2.35. The Kier molecular flexibility index (Phi) is 4.72. The first-order valence-corrected chi connectivity index (χ1v) is 10.1. The van der Waals surface area contributed by atoms with E-state index in [0.29, 0.717) is 28.3 Å². The van der Waals surface area contributed by atoms with E-state index >= 15 is 0 Å². The number of nitrogens with zero attached hydrogens (tertiary/aromatic N) is 1. The molecule has 0 bridgehead atoms. The number of carbonyl (C=O) groups is 3.